The van der Waals surface area contributed by atoms with Gasteiger partial charge in [-0.2, -0.15) is 0 Å². The number of nitrogens with two attached hydrogens (primary N) is 1. The summed E-state index contributed by atoms with van der Waals surface area (Å²) in [6, 6.07) is 0. The number of carbonyl (C=O) groups is 1. The molecule has 1 saturated heterocycles. The lowest BCUT2D eigenvalue weighted by atomic mass is 10.2. The predicted octanol–water partition coefficient (Wildman–Crippen LogP) is 0.422. The van der Waals surface area contributed by atoms with Gasteiger partial charge in [0.05, 0.1) is 0 Å². The Bertz CT molecular complexity index is 141. The molecule has 3 nitrogen and oxygen atoms in total. The highest BCUT2D eigenvalue weighted by Crippen LogP contribution is 2.05. The molecule has 1 aliphatic rings. The largest absolute Gasteiger partial charge is 0.329 e. The van der Waals surface area contributed by atoms with Crippen LogP contribution in [0.2, 0.25) is 0 Å². The number of hydrogen-bond acceptors (Lipinski definition) is 3. The van der Waals surface area contributed by atoms with Crippen LogP contribution in [-0.2, 0) is 4.79 Å². The first kappa shape index (κ1) is 11.9. The molecule has 0 saturated carbocycles. The fourth-order valence-corrected chi connectivity index (χ4v) is 1.43. The Morgan fingerprint density at radius 3 is 2.75 bits per heavy atom. The number of nitrogens with zero attached hydrogens (tertiary/aromatic N) is 1. The van der Waals surface area contributed by atoms with Crippen LogP contribution in [0.15, 0.2) is 0 Å². The van der Waals surface area contributed by atoms with E-state index in [1.165, 1.54) is 0 Å². The monoisotopic (exact) mass is 192 g/mol. The normalized spacial score (nSPS) is 19.9. The summed E-state index contributed by atoms with van der Waals surface area (Å²) in [7, 11) is 0. The summed E-state index contributed by atoms with van der Waals surface area (Å²) < 4.78 is 0. The van der Waals surface area contributed by atoms with Crippen molar-refractivity contribution in [2.45, 2.75) is 19.3 Å². The fourth-order valence-electron chi connectivity index (χ4n) is 1.43. The van der Waals surface area contributed by atoms with Crippen molar-refractivity contribution < 1.29 is 4.79 Å². The number of ketones is 1. The van der Waals surface area contributed by atoms with Crippen molar-refractivity contribution >= 4 is 18.2 Å². The highest BCUT2D eigenvalue weighted by Gasteiger charge is 2.12. The van der Waals surface area contributed by atoms with E-state index in [0.29, 0.717) is 12.3 Å². The van der Waals surface area contributed by atoms with E-state index in [1.807, 2.05) is 0 Å². The molecular weight excluding hydrogens is 176 g/mol. The fraction of sp³-hybridized carbons (Fsp3) is 0.875. The Labute approximate surface area is 79.7 Å². The van der Waals surface area contributed by atoms with Crippen LogP contribution in [0, 0.1) is 0 Å². The van der Waals surface area contributed by atoms with Gasteiger partial charge >= 0.3 is 0 Å². The van der Waals surface area contributed by atoms with Gasteiger partial charge in [-0.05, 0) is 13.0 Å². The lowest BCUT2D eigenvalue weighted by molar-refractivity contribution is -0.118. The molecule has 0 bridgehead atoms. The van der Waals surface area contributed by atoms with Crippen LogP contribution in [0.25, 0.3) is 0 Å². The number of halogens is 1. The summed E-state index contributed by atoms with van der Waals surface area (Å²) in [5.74, 6) is 0.407. The third kappa shape index (κ3) is 4.04. The minimum Gasteiger partial charge on any atom is -0.329 e. The van der Waals surface area contributed by atoms with E-state index in [2.05, 4.69) is 4.90 Å². The number of carbonyl (C=O) groups excluding carboxylic acids is 1. The molecule has 0 aromatic carbocycles. The second-order valence-electron chi connectivity index (χ2n) is 3.02. The molecule has 0 atom stereocenters. The summed E-state index contributed by atoms with van der Waals surface area (Å²) in [5.41, 5.74) is 5.42. The van der Waals surface area contributed by atoms with E-state index in [9.17, 15) is 4.79 Å². The van der Waals surface area contributed by atoms with E-state index >= 15 is 0 Å². The van der Waals surface area contributed by atoms with Gasteiger partial charge in [-0.3, -0.25) is 4.79 Å². The lowest BCUT2D eigenvalue weighted by Crippen LogP contribution is -2.30. The molecule has 1 heterocycles. The Hall–Kier alpha value is -0.120. The van der Waals surface area contributed by atoms with Gasteiger partial charge in [-0.15, -0.1) is 12.4 Å². The zero-order valence-electron chi connectivity index (χ0n) is 7.29. The molecular formula is C8H17ClN2O. The van der Waals surface area contributed by atoms with E-state index in [-0.39, 0.29) is 12.4 Å². The summed E-state index contributed by atoms with van der Waals surface area (Å²) in [6.07, 6.45) is 2.50. The first-order chi connectivity index (χ1) is 5.33. The zero-order valence-corrected chi connectivity index (χ0v) is 8.11. The maximum atomic E-state index is 11.0. The SMILES string of the molecule is Cl.NCCN1CCCC(=O)CC1. The second-order valence-corrected chi connectivity index (χ2v) is 3.02. The van der Waals surface area contributed by atoms with Gasteiger partial charge < -0.3 is 10.6 Å². The van der Waals surface area contributed by atoms with Crippen molar-refractivity contribution in [2.75, 3.05) is 26.2 Å². The Morgan fingerprint density at radius 2 is 2.08 bits per heavy atom. The van der Waals surface area contributed by atoms with Gasteiger partial charge in [0.15, 0.2) is 0 Å². The van der Waals surface area contributed by atoms with Crippen molar-refractivity contribution in [3.63, 3.8) is 0 Å². The Balaban J connectivity index is 0.00000121. The summed E-state index contributed by atoms with van der Waals surface area (Å²) in [5, 5.41) is 0. The van der Waals surface area contributed by atoms with Crippen LogP contribution in [0.4, 0.5) is 0 Å². The molecule has 72 valence electrons. The smallest absolute Gasteiger partial charge is 0.134 e. The van der Waals surface area contributed by atoms with E-state index in [4.69, 9.17) is 5.73 Å². The van der Waals surface area contributed by atoms with Crippen LogP contribution >= 0.6 is 12.4 Å². The number of rotatable bonds is 2. The maximum Gasteiger partial charge on any atom is 0.134 e. The van der Waals surface area contributed by atoms with E-state index in [0.717, 1.165) is 38.9 Å². The molecule has 0 radical (unpaired) electrons. The molecule has 12 heavy (non-hydrogen) atoms. The molecule has 0 amide bonds. The second kappa shape index (κ2) is 6.40. The molecule has 0 aromatic heterocycles. The minimum atomic E-state index is 0. The number of Topliss-reactive ketones (excluding diaryl/α,β-unsaturated/α-hetero) is 1. The molecule has 1 aliphatic heterocycles. The highest BCUT2D eigenvalue weighted by atomic mass is 35.5. The molecule has 1 rings (SSSR count). The predicted molar refractivity (Wildman–Crippen MR) is 51.6 cm³/mol. The number of hydrogen-bond donors (Lipinski definition) is 1. The maximum absolute atomic E-state index is 11.0. The van der Waals surface area contributed by atoms with Gasteiger partial charge in [0.25, 0.3) is 0 Å². The van der Waals surface area contributed by atoms with Gasteiger partial charge in [-0.25, -0.2) is 0 Å². The van der Waals surface area contributed by atoms with Gasteiger partial charge in [0.2, 0.25) is 0 Å². The average Bonchev–Trinajstić information content (AvgIpc) is 2.17. The Morgan fingerprint density at radius 1 is 1.33 bits per heavy atom. The molecule has 0 unspecified atom stereocenters. The molecule has 4 heteroatoms. The van der Waals surface area contributed by atoms with Crippen LogP contribution in [0.3, 0.4) is 0 Å². The summed E-state index contributed by atoms with van der Waals surface area (Å²) in [6.45, 7) is 3.60. The molecule has 0 aliphatic carbocycles. The van der Waals surface area contributed by atoms with Gasteiger partial charge in [0, 0.05) is 32.5 Å². The molecule has 0 spiro atoms. The average molecular weight is 193 g/mol. The van der Waals surface area contributed by atoms with Crippen molar-refractivity contribution in [3.05, 3.63) is 0 Å². The minimum absolute atomic E-state index is 0. The van der Waals surface area contributed by atoms with Gasteiger partial charge in [-0.1, -0.05) is 0 Å². The van der Waals surface area contributed by atoms with E-state index < -0.39 is 0 Å². The van der Waals surface area contributed by atoms with Crippen LogP contribution < -0.4 is 5.73 Å². The molecule has 1 fully saturated rings. The molecule has 2 N–H and O–H groups in total. The third-order valence-electron chi connectivity index (χ3n) is 2.08. The van der Waals surface area contributed by atoms with Crippen LogP contribution in [0.5, 0.6) is 0 Å². The van der Waals surface area contributed by atoms with Crippen molar-refractivity contribution in [1.29, 1.82) is 0 Å². The summed E-state index contributed by atoms with van der Waals surface area (Å²) in [4.78, 5) is 13.2. The van der Waals surface area contributed by atoms with Crippen LogP contribution in [-0.4, -0.2) is 36.9 Å². The zero-order chi connectivity index (χ0) is 8.10. The molecule has 0 aromatic rings. The first-order valence-corrected chi connectivity index (χ1v) is 4.27. The van der Waals surface area contributed by atoms with Crippen molar-refractivity contribution in [2.24, 2.45) is 5.73 Å². The topological polar surface area (TPSA) is 46.3 Å². The number of likely N-dealkylation sites (tertiary alicyclic amines) is 1. The Kier molecular flexibility index (Phi) is 6.34. The van der Waals surface area contributed by atoms with E-state index in [1.54, 1.807) is 0 Å². The standard InChI is InChI=1S/C8H16N2O.ClH/c9-4-7-10-5-1-2-8(11)3-6-10;/h1-7,9H2;1H. The van der Waals surface area contributed by atoms with Crippen LogP contribution in [0.1, 0.15) is 19.3 Å². The lowest BCUT2D eigenvalue weighted by Gasteiger charge is -2.17. The quantitative estimate of drug-likeness (QED) is 0.690. The summed E-state index contributed by atoms with van der Waals surface area (Å²) >= 11 is 0. The third-order valence-corrected chi connectivity index (χ3v) is 2.08. The van der Waals surface area contributed by atoms with Gasteiger partial charge in [0.1, 0.15) is 5.78 Å². The van der Waals surface area contributed by atoms with Crippen molar-refractivity contribution in [1.82, 2.24) is 4.90 Å². The highest BCUT2D eigenvalue weighted by molar-refractivity contribution is 5.85. The van der Waals surface area contributed by atoms with Crippen molar-refractivity contribution in [3.8, 4) is 0 Å². The first-order valence-electron chi connectivity index (χ1n) is 4.27.